The van der Waals surface area contributed by atoms with Crippen molar-refractivity contribution in [3.8, 4) is 5.75 Å². The zero-order valence-corrected chi connectivity index (χ0v) is 9.86. The maximum Gasteiger partial charge on any atom is 0.122 e. The second-order valence-electron chi connectivity index (χ2n) is 2.93. The number of benzene rings is 1. The van der Waals surface area contributed by atoms with Crippen LogP contribution < -0.4 is 4.52 Å². The van der Waals surface area contributed by atoms with Crippen molar-refractivity contribution in [2.75, 3.05) is 0 Å². The molecule has 1 nitrogen and oxygen atoms in total. The lowest BCUT2D eigenvalue weighted by atomic mass is 10.2. The molecule has 0 saturated heterocycles. The average Bonchev–Trinajstić information content (AvgIpc) is 2.18. The van der Waals surface area contributed by atoms with Gasteiger partial charge in [-0.2, -0.15) is 0 Å². The van der Waals surface area contributed by atoms with Gasteiger partial charge >= 0.3 is 0 Å². The molecule has 0 N–H and O–H groups in total. The van der Waals surface area contributed by atoms with Gasteiger partial charge in [0.2, 0.25) is 0 Å². The Balaban J connectivity index is 0.000000310. The molecule has 1 rings (SSSR count). The smallest absolute Gasteiger partial charge is 0.122 e. The van der Waals surface area contributed by atoms with Crippen molar-refractivity contribution in [1.29, 1.82) is 0 Å². The van der Waals surface area contributed by atoms with Crippen LogP contribution in [0.2, 0.25) is 0 Å². The quantitative estimate of drug-likeness (QED) is 0.653. The summed E-state index contributed by atoms with van der Waals surface area (Å²) in [7, 11) is 2.22. The molecule has 0 heterocycles. The van der Waals surface area contributed by atoms with Crippen LogP contribution in [0.25, 0.3) is 0 Å². The summed E-state index contributed by atoms with van der Waals surface area (Å²) >= 11 is 0. The van der Waals surface area contributed by atoms with E-state index in [0.717, 1.165) is 5.75 Å². The molecule has 0 aliphatic heterocycles. The van der Waals surface area contributed by atoms with Gasteiger partial charge in [-0.15, -0.1) is 0 Å². The highest BCUT2D eigenvalue weighted by Gasteiger charge is 1.86. The van der Waals surface area contributed by atoms with Crippen molar-refractivity contribution in [1.82, 2.24) is 0 Å². The summed E-state index contributed by atoms with van der Waals surface area (Å²) in [5.74, 6) is 0.889. The maximum atomic E-state index is 4.91. The summed E-state index contributed by atoms with van der Waals surface area (Å²) in [5, 5.41) is 0. The molecule has 0 amide bonds. The van der Waals surface area contributed by atoms with Crippen LogP contribution in [0.5, 0.6) is 5.75 Å². The summed E-state index contributed by atoms with van der Waals surface area (Å²) in [6, 6.07) is 7.90. The molecular formula is C11H19OP. The zero-order chi connectivity index (χ0) is 10.1. The van der Waals surface area contributed by atoms with Gasteiger partial charge in [0.25, 0.3) is 0 Å². The highest BCUT2D eigenvalue weighted by Crippen LogP contribution is 2.13. The van der Waals surface area contributed by atoms with Crippen LogP contribution >= 0.6 is 9.47 Å². The third-order valence-electron chi connectivity index (χ3n) is 1.63. The van der Waals surface area contributed by atoms with Crippen LogP contribution in [0.1, 0.15) is 32.3 Å². The number of hydrogen-bond acceptors (Lipinski definition) is 1. The highest BCUT2D eigenvalue weighted by atomic mass is 31.0. The predicted octanol–water partition coefficient (Wildman–Crippen LogP) is 3.97. The van der Waals surface area contributed by atoms with Crippen molar-refractivity contribution in [3.05, 3.63) is 29.8 Å². The van der Waals surface area contributed by atoms with E-state index in [2.05, 4.69) is 23.3 Å². The van der Waals surface area contributed by atoms with Gasteiger partial charge in [0, 0.05) is 0 Å². The SMILES string of the molecule is CCCC.Cc1cccc(OP)c1. The Bertz CT molecular complexity index is 221. The first-order valence-electron chi connectivity index (χ1n) is 4.68. The fourth-order valence-electron chi connectivity index (χ4n) is 0.689. The highest BCUT2D eigenvalue weighted by molar-refractivity contribution is 7.10. The van der Waals surface area contributed by atoms with Gasteiger partial charge in [-0.05, 0) is 24.6 Å². The van der Waals surface area contributed by atoms with Crippen molar-refractivity contribution in [2.45, 2.75) is 33.6 Å². The Labute approximate surface area is 83.8 Å². The molecule has 1 aromatic carbocycles. The van der Waals surface area contributed by atoms with Crippen LogP contribution in [0.15, 0.2) is 24.3 Å². The summed E-state index contributed by atoms with van der Waals surface area (Å²) in [6.45, 7) is 6.40. The summed E-state index contributed by atoms with van der Waals surface area (Å²) in [5.41, 5.74) is 1.22. The maximum absolute atomic E-state index is 4.91. The van der Waals surface area contributed by atoms with Crippen molar-refractivity contribution in [2.24, 2.45) is 0 Å². The standard InChI is InChI=1S/C7H9OP.C4H10/c1-6-3-2-4-7(5-6)8-9;1-3-4-2/h2-5H,9H2,1H3;3-4H2,1-2H3. The topological polar surface area (TPSA) is 9.23 Å². The lowest BCUT2D eigenvalue weighted by Gasteiger charge is -1.97. The first-order valence-corrected chi connectivity index (χ1v) is 5.15. The van der Waals surface area contributed by atoms with Gasteiger partial charge in [-0.25, -0.2) is 0 Å². The van der Waals surface area contributed by atoms with Crippen molar-refractivity contribution < 1.29 is 4.52 Å². The Morgan fingerprint density at radius 3 is 2.15 bits per heavy atom. The number of unbranched alkanes of at least 4 members (excludes halogenated alkanes) is 1. The molecule has 0 fully saturated rings. The molecule has 0 saturated carbocycles. The molecule has 2 heteroatoms. The van der Waals surface area contributed by atoms with E-state index in [-0.39, 0.29) is 0 Å². The van der Waals surface area contributed by atoms with Gasteiger partial charge in [0.15, 0.2) is 0 Å². The average molecular weight is 198 g/mol. The van der Waals surface area contributed by atoms with Crippen LogP contribution in [0.4, 0.5) is 0 Å². The van der Waals surface area contributed by atoms with Crippen LogP contribution in [-0.2, 0) is 0 Å². The van der Waals surface area contributed by atoms with Crippen molar-refractivity contribution in [3.63, 3.8) is 0 Å². The molecule has 0 spiro atoms. The first kappa shape index (κ1) is 12.4. The monoisotopic (exact) mass is 198 g/mol. The second-order valence-corrected chi connectivity index (χ2v) is 3.17. The summed E-state index contributed by atoms with van der Waals surface area (Å²) in [4.78, 5) is 0. The lowest BCUT2D eigenvalue weighted by Crippen LogP contribution is -1.74. The minimum atomic E-state index is 0.889. The molecule has 0 aromatic heterocycles. The molecule has 1 aromatic rings. The van der Waals surface area contributed by atoms with E-state index < -0.39 is 0 Å². The van der Waals surface area contributed by atoms with E-state index in [1.54, 1.807) is 0 Å². The minimum absolute atomic E-state index is 0.889. The number of rotatable bonds is 2. The van der Waals surface area contributed by atoms with E-state index in [9.17, 15) is 0 Å². The van der Waals surface area contributed by atoms with E-state index in [4.69, 9.17) is 4.52 Å². The molecule has 13 heavy (non-hydrogen) atoms. The fraction of sp³-hybridized carbons (Fsp3) is 0.455. The van der Waals surface area contributed by atoms with E-state index >= 15 is 0 Å². The largest absolute Gasteiger partial charge is 0.480 e. The van der Waals surface area contributed by atoms with Crippen LogP contribution in [0, 0.1) is 6.92 Å². The zero-order valence-electron chi connectivity index (χ0n) is 8.71. The molecule has 0 radical (unpaired) electrons. The number of aryl methyl sites for hydroxylation is 1. The molecule has 0 aliphatic rings. The third kappa shape index (κ3) is 6.60. The Hall–Kier alpha value is -0.550. The lowest BCUT2D eigenvalue weighted by molar-refractivity contribution is 0.645. The van der Waals surface area contributed by atoms with E-state index in [0.29, 0.717) is 0 Å². The van der Waals surface area contributed by atoms with E-state index in [1.165, 1.54) is 18.4 Å². The van der Waals surface area contributed by atoms with Crippen molar-refractivity contribution >= 4 is 9.47 Å². The molecule has 1 unspecified atom stereocenters. The molecule has 74 valence electrons. The summed E-state index contributed by atoms with van der Waals surface area (Å²) < 4.78 is 4.91. The fourth-order valence-corrected chi connectivity index (χ4v) is 0.835. The van der Waals surface area contributed by atoms with E-state index in [1.807, 2.05) is 31.2 Å². The van der Waals surface area contributed by atoms with Gasteiger partial charge in [-0.3, -0.25) is 0 Å². The predicted molar refractivity (Wildman–Crippen MR) is 62.1 cm³/mol. The first-order chi connectivity index (χ1) is 6.24. The van der Waals surface area contributed by atoms with Crippen LogP contribution in [0.3, 0.4) is 0 Å². The normalized spacial score (nSPS) is 8.62. The third-order valence-corrected chi connectivity index (χ3v) is 1.90. The van der Waals surface area contributed by atoms with Gasteiger partial charge in [0.05, 0.1) is 9.47 Å². The Kier molecular flexibility index (Phi) is 7.73. The molecule has 0 bridgehead atoms. The van der Waals surface area contributed by atoms with Gasteiger partial charge in [0.1, 0.15) is 5.75 Å². The molecule has 1 atom stereocenters. The molecule has 0 aliphatic carbocycles. The van der Waals surface area contributed by atoms with Gasteiger partial charge in [-0.1, -0.05) is 38.8 Å². The molecular weight excluding hydrogens is 179 g/mol. The Morgan fingerprint density at radius 1 is 1.23 bits per heavy atom. The second kappa shape index (κ2) is 8.07. The minimum Gasteiger partial charge on any atom is -0.480 e. The number of hydrogen-bond donors (Lipinski definition) is 0. The Morgan fingerprint density at radius 2 is 1.85 bits per heavy atom. The van der Waals surface area contributed by atoms with Gasteiger partial charge < -0.3 is 4.52 Å². The van der Waals surface area contributed by atoms with Crippen LogP contribution in [-0.4, -0.2) is 0 Å². The summed E-state index contributed by atoms with van der Waals surface area (Å²) in [6.07, 6.45) is 2.64.